The number of carbonyl (C=O) groups is 1. The topological polar surface area (TPSA) is 66.9 Å². The quantitative estimate of drug-likeness (QED) is 0.692. The Morgan fingerprint density at radius 2 is 1.59 bits per heavy atom. The van der Waals surface area contributed by atoms with Crippen LogP contribution < -0.4 is 4.74 Å². The van der Waals surface area contributed by atoms with E-state index in [1.54, 1.807) is 29.2 Å². The van der Waals surface area contributed by atoms with E-state index in [0.717, 1.165) is 4.47 Å². The normalized spacial score (nSPS) is 15.6. The van der Waals surface area contributed by atoms with Crippen molar-refractivity contribution in [2.45, 2.75) is 4.90 Å². The zero-order chi connectivity index (χ0) is 19.4. The summed E-state index contributed by atoms with van der Waals surface area (Å²) in [5.74, 6) is -0.210. The highest BCUT2D eigenvalue weighted by molar-refractivity contribution is 9.10. The molecule has 1 aliphatic heterocycles. The van der Waals surface area contributed by atoms with Gasteiger partial charge in [0.1, 0.15) is 11.6 Å². The molecule has 6 nitrogen and oxygen atoms in total. The SMILES string of the molecule is O=C(COc1ccc(F)cc1)N1CCN(S(=O)(=O)c2ccc(Br)cc2)CC1. The van der Waals surface area contributed by atoms with Crippen LogP contribution in [0.25, 0.3) is 0 Å². The number of carbonyl (C=O) groups excluding carboxylic acids is 1. The van der Waals surface area contributed by atoms with Crippen LogP contribution in [0, 0.1) is 5.82 Å². The van der Waals surface area contributed by atoms with Gasteiger partial charge in [0.15, 0.2) is 6.61 Å². The summed E-state index contributed by atoms with van der Waals surface area (Å²) in [7, 11) is -3.58. The van der Waals surface area contributed by atoms with Gasteiger partial charge in [0.05, 0.1) is 4.90 Å². The first-order valence-corrected chi connectivity index (χ1v) is 10.5. The molecule has 2 aromatic rings. The summed E-state index contributed by atoms with van der Waals surface area (Å²) < 4.78 is 45.7. The van der Waals surface area contributed by atoms with Gasteiger partial charge in [-0.2, -0.15) is 4.31 Å². The molecule has 0 bridgehead atoms. The Hall–Kier alpha value is -1.97. The first-order valence-electron chi connectivity index (χ1n) is 8.28. The summed E-state index contributed by atoms with van der Waals surface area (Å²) in [5.41, 5.74) is 0. The maximum absolute atomic E-state index is 12.9. The Labute approximate surface area is 165 Å². The summed E-state index contributed by atoms with van der Waals surface area (Å²) in [6, 6.07) is 11.9. The van der Waals surface area contributed by atoms with Crippen molar-refractivity contribution in [3.63, 3.8) is 0 Å². The van der Waals surface area contributed by atoms with E-state index in [1.807, 2.05) is 0 Å². The Kier molecular flexibility index (Phi) is 6.13. The lowest BCUT2D eigenvalue weighted by Crippen LogP contribution is -2.51. The van der Waals surface area contributed by atoms with Crippen LogP contribution in [0.3, 0.4) is 0 Å². The highest BCUT2D eigenvalue weighted by Gasteiger charge is 2.30. The molecule has 1 aliphatic rings. The van der Waals surface area contributed by atoms with Crippen molar-refractivity contribution in [2.24, 2.45) is 0 Å². The van der Waals surface area contributed by atoms with Crippen LogP contribution in [-0.4, -0.2) is 56.3 Å². The molecule has 0 unspecified atom stereocenters. The number of ether oxygens (including phenoxy) is 1. The number of rotatable bonds is 5. The average molecular weight is 457 g/mol. The fourth-order valence-corrected chi connectivity index (χ4v) is 4.39. The average Bonchev–Trinajstić information content (AvgIpc) is 2.68. The minimum Gasteiger partial charge on any atom is -0.484 e. The summed E-state index contributed by atoms with van der Waals surface area (Å²) in [4.78, 5) is 14.0. The number of benzene rings is 2. The van der Waals surface area contributed by atoms with E-state index >= 15 is 0 Å². The lowest BCUT2D eigenvalue weighted by atomic mass is 10.3. The number of halogens is 2. The summed E-state index contributed by atoms with van der Waals surface area (Å²) in [6.07, 6.45) is 0. The first kappa shape index (κ1) is 19.8. The molecule has 3 rings (SSSR count). The molecular formula is C18H18BrFN2O4S. The monoisotopic (exact) mass is 456 g/mol. The van der Waals surface area contributed by atoms with Crippen LogP contribution in [0.1, 0.15) is 0 Å². The third kappa shape index (κ3) is 4.85. The fraction of sp³-hybridized carbons (Fsp3) is 0.278. The van der Waals surface area contributed by atoms with Crippen LogP contribution in [0.5, 0.6) is 5.75 Å². The summed E-state index contributed by atoms with van der Waals surface area (Å²) in [5, 5.41) is 0. The van der Waals surface area contributed by atoms with Crippen molar-refractivity contribution >= 4 is 31.9 Å². The maximum atomic E-state index is 12.9. The standard InChI is InChI=1S/C18H18BrFN2O4S/c19-14-1-7-17(8-2-14)27(24,25)22-11-9-21(10-12-22)18(23)13-26-16-5-3-15(20)4-6-16/h1-8H,9-13H2. The van der Waals surface area contributed by atoms with Crippen LogP contribution in [0.15, 0.2) is 57.9 Å². The molecule has 9 heteroatoms. The Bertz CT molecular complexity index is 896. The van der Waals surface area contributed by atoms with Crippen molar-refractivity contribution < 1.29 is 22.3 Å². The summed E-state index contributed by atoms with van der Waals surface area (Å²) in [6.45, 7) is 0.856. The molecule has 2 aromatic carbocycles. The highest BCUT2D eigenvalue weighted by atomic mass is 79.9. The zero-order valence-electron chi connectivity index (χ0n) is 14.3. The smallest absolute Gasteiger partial charge is 0.260 e. The Morgan fingerprint density at radius 3 is 2.19 bits per heavy atom. The zero-order valence-corrected chi connectivity index (χ0v) is 16.7. The highest BCUT2D eigenvalue weighted by Crippen LogP contribution is 2.20. The number of piperazine rings is 1. The van der Waals surface area contributed by atoms with E-state index in [9.17, 15) is 17.6 Å². The number of nitrogens with zero attached hydrogens (tertiary/aromatic N) is 2. The van der Waals surface area contributed by atoms with Crippen LogP contribution in [-0.2, 0) is 14.8 Å². The molecule has 0 aromatic heterocycles. The van der Waals surface area contributed by atoms with Crippen LogP contribution >= 0.6 is 15.9 Å². The summed E-state index contributed by atoms with van der Waals surface area (Å²) >= 11 is 3.28. The van der Waals surface area contributed by atoms with Crippen molar-refractivity contribution in [3.05, 3.63) is 58.8 Å². The number of amides is 1. The molecule has 0 spiro atoms. The van der Waals surface area contributed by atoms with Crippen LogP contribution in [0.4, 0.5) is 4.39 Å². The van der Waals surface area contributed by atoms with Gasteiger partial charge in [0.2, 0.25) is 10.0 Å². The predicted octanol–water partition coefficient (Wildman–Crippen LogP) is 2.50. The molecular weight excluding hydrogens is 439 g/mol. The molecule has 1 amide bonds. The molecule has 1 fully saturated rings. The first-order chi connectivity index (χ1) is 12.9. The molecule has 0 saturated carbocycles. The van der Waals surface area contributed by atoms with E-state index in [1.165, 1.54) is 28.6 Å². The molecule has 0 N–H and O–H groups in total. The molecule has 27 heavy (non-hydrogen) atoms. The maximum Gasteiger partial charge on any atom is 0.260 e. The second-order valence-corrected chi connectivity index (χ2v) is 8.83. The number of hydrogen-bond acceptors (Lipinski definition) is 4. The molecule has 0 radical (unpaired) electrons. The van der Waals surface area contributed by atoms with Gasteiger partial charge in [-0.1, -0.05) is 15.9 Å². The molecule has 0 aliphatic carbocycles. The Balaban J connectivity index is 1.54. The lowest BCUT2D eigenvalue weighted by Gasteiger charge is -2.34. The largest absolute Gasteiger partial charge is 0.484 e. The van der Waals surface area contributed by atoms with E-state index in [0.29, 0.717) is 18.8 Å². The van der Waals surface area contributed by atoms with Gasteiger partial charge in [0, 0.05) is 30.7 Å². The predicted molar refractivity (Wildman–Crippen MR) is 101 cm³/mol. The van der Waals surface area contributed by atoms with Crippen molar-refractivity contribution in [1.82, 2.24) is 9.21 Å². The fourth-order valence-electron chi connectivity index (χ4n) is 2.70. The number of sulfonamides is 1. The van der Waals surface area contributed by atoms with E-state index in [-0.39, 0.29) is 36.3 Å². The van der Waals surface area contributed by atoms with Gasteiger partial charge in [-0.25, -0.2) is 12.8 Å². The van der Waals surface area contributed by atoms with E-state index in [4.69, 9.17) is 4.74 Å². The van der Waals surface area contributed by atoms with Gasteiger partial charge in [-0.05, 0) is 48.5 Å². The van der Waals surface area contributed by atoms with Crippen molar-refractivity contribution in [1.29, 1.82) is 0 Å². The molecule has 1 heterocycles. The number of hydrogen-bond donors (Lipinski definition) is 0. The van der Waals surface area contributed by atoms with Crippen LogP contribution in [0.2, 0.25) is 0 Å². The molecule has 144 valence electrons. The third-order valence-corrected chi connectivity index (χ3v) is 6.66. The van der Waals surface area contributed by atoms with E-state index < -0.39 is 10.0 Å². The van der Waals surface area contributed by atoms with Gasteiger partial charge < -0.3 is 9.64 Å². The lowest BCUT2D eigenvalue weighted by molar-refractivity contribution is -0.134. The van der Waals surface area contributed by atoms with E-state index in [2.05, 4.69) is 15.9 Å². The van der Waals surface area contributed by atoms with Crippen molar-refractivity contribution in [2.75, 3.05) is 32.8 Å². The second kappa shape index (κ2) is 8.37. The van der Waals surface area contributed by atoms with Gasteiger partial charge >= 0.3 is 0 Å². The minimum absolute atomic E-state index is 0.176. The molecule has 0 atom stereocenters. The molecule has 1 saturated heterocycles. The minimum atomic E-state index is -3.58. The van der Waals surface area contributed by atoms with Gasteiger partial charge in [0.25, 0.3) is 5.91 Å². The third-order valence-electron chi connectivity index (χ3n) is 4.22. The second-order valence-electron chi connectivity index (χ2n) is 5.98. The van der Waals surface area contributed by atoms with Gasteiger partial charge in [-0.3, -0.25) is 4.79 Å². The Morgan fingerprint density at radius 1 is 1.00 bits per heavy atom. The van der Waals surface area contributed by atoms with Gasteiger partial charge in [-0.15, -0.1) is 0 Å². The van der Waals surface area contributed by atoms with Crippen molar-refractivity contribution in [3.8, 4) is 5.75 Å².